The number of hydrogen-bond acceptors (Lipinski definition) is 3. The lowest BCUT2D eigenvalue weighted by molar-refractivity contribution is -0.155. The van der Waals surface area contributed by atoms with Gasteiger partial charge in [0, 0.05) is 11.3 Å². The monoisotopic (exact) mass is 301 g/mol. The van der Waals surface area contributed by atoms with Crippen molar-refractivity contribution in [2.45, 2.75) is 17.9 Å². The minimum Gasteiger partial charge on any atom is -0.479 e. The molecule has 0 aliphatic carbocycles. The van der Waals surface area contributed by atoms with Gasteiger partial charge in [-0.15, -0.1) is 0 Å². The fourth-order valence-electron chi connectivity index (χ4n) is 1.96. The maximum atomic E-state index is 14.0. The van der Waals surface area contributed by atoms with Crippen LogP contribution in [0.25, 0.3) is 0 Å². The van der Waals surface area contributed by atoms with Crippen LogP contribution in [0.3, 0.4) is 0 Å². The van der Waals surface area contributed by atoms with Gasteiger partial charge in [-0.25, -0.2) is 4.79 Å². The molecule has 0 aromatic heterocycles. The maximum absolute atomic E-state index is 14.0. The maximum Gasteiger partial charge on any atom is 0.349 e. The summed E-state index contributed by atoms with van der Waals surface area (Å²) >= 11 is 1.32. The number of nitrogens with one attached hydrogen (secondary N) is 1. The Morgan fingerprint density at radius 3 is 2.45 bits per heavy atom. The third-order valence-electron chi connectivity index (χ3n) is 3.21. The van der Waals surface area contributed by atoms with E-state index < -0.39 is 28.9 Å². The zero-order valence-corrected chi connectivity index (χ0v) is 11.3. The van der Waals surface area contributed by atoms with Gasteiger partial charge in [-0.1, -0.05) is 30.3 Å². The number of alkyl halides is 2. The molecule has 1 aliphatic heterocycles. The summed E-state index contributed by atoms with van der Waals surface area (Å²) in [7, 11) is 0. The first-order chi connectivity index (χ1) is 9.38. The Hall–Kier alpha value is -1.63. The molecule has 1 saturated heterocycles. The molecular formula is C13H13F2NO3S. The second-order valence-electron chi connectivity index (χ2n) is 4.58. The van der Waals surface area contributed by atoms with Crippen LogP contribution in [-0.2, 0) is 15.5 Å². The highest BCUT2D eigenvalue weighted by atomic mass is 32.2. The van der Waals surface area contributed by atoms with E-state index in [0.717, 1.165) is 12.1 Å². The number of carbonyl (C=O) groups is 2. The first-order valence-corrected chi connectivity index (χ1v) is 7.11. The molecule has 20 heavy (non-hydrogen) atoms. The van der Waals surface area contributed by atoms with Gasteiger partial charge in [0.1, 0.15) is 5.54 Å². The van der Waals surface area contributed by atoms with Crippen LogP contribution in [0.4, 0.5) is 8.78 Å². The largest absolute Gasteiger partial charge is 0.479 e. The minimum absolute atomic E-state index is 0.0962. The summed E-state index contributed by atoms with van der Waals surface area (Å²) in [5.74, 6) is -5.99. The first-order valence-electron chi connectivity index (χ1n) is 5.95. The fraction of sp³-hybridized carbons (Fsp3) is 0.385. The van der Waals surface area contributed by atoms with Crippen molar-refractivity contribution in [3.05, 3.63) is 35.9 Å². The Bertz CT molecular complexity index is 516. The molecule has 0 saturated carbocycles. The quantitative estimate of drug-likeness (QED) is 0.891. The Balaban J connectivity index is 2.21. The molecule has 1 atom stereocenters. The van der Waals surface area contributed by atoms with Gasteiger partial charge in [0.15, 0.2) is 0 Å². The summed E-state index contributed by atoms with van der Waals surface area (Å²) in [6, 6.07) is 6.63. The number of aliphatic carboxylic acids is 1. The van der Waals surface area contributed by atoms with Crippen LogP contribution in [0.2, 0.25) is 0 Å². The number of benzene rings is 1. The molecule has 2 rings (SSSR count). The van der Waals surface area contributed by atoms with Crippen LogP contribution in [0.15, 0.2) is 30.3 Å². The van der Waals surface area contributed by atoms with Gasteiger partial charge in [-0.3, -0.25) is 4.79 Å². The predicted octanol–water partition coefficient (Wildman–Crippen LogP) is 1.85. The molecule has 1 fully saturated rings. The SMILES string of the molecule is O=C(O)C1(NC(=O)C(F)(F)c2ccccc2)CCSC1. The topological polar surface area (TPSA) is 66.4 Å². The number of thioether (sulfide) groups is 1. The second-order valence-corrected chi connectivity index (χ2v) is 5.69. The molecule has 1 unspecified atom stereocenters. The molecule has 0 bridgehead atoms. The van der Waals surface area contributed by atoms with Gasteiger partial charge >= 0.3 is 11.9 Å². The lowest BCUT2D eigenvalue weighted by Crippen LogP contribution is -2.58. The van der Waals surface area contributed by atoms with Crippen molar-refractivity contribution in [2.75, 3.05) is 11.5 Å². The molecule has 1 heterocycles. The van der Waals surface area contributed by atoms with Crippen molar-refractivity contribution in [1.82, 2.24) is 5.32 Å². The molecule has 0 radical (unpaired) electrons. The van der Waals surface area contributed by atoms with Crippen molar-refractivity contribution < 1.29 is 23.5 Å². The van der Waals surface area contributed by atoms with E-state index in [-0.39, 0.29) is 12.2 Å². The highest BCUT2D eigenvalue weighted by molar-refractivity contribution is 7.99. The van der Waals surface area contributed by atoms with E-state index in [4.69, 9.17) is 0 Å². The fourth-order valence-corrected chi connectivity index (χ4v) is 3.29. The standard InChI is InChI=1S/C13H13F2NO3S/c14-13(15,9-4-2-1-3-5-9)10(17)16-12(11(18)19)6-7-20-8-12/h1-5H,6-8H2,(H,16,17)(H,18,19). The number of carboxylic acid groups (broad SMARTS) is 1. The summed E-state index contributed by atoms with van der Waals surface area (Å²) in [4.78, 5) is 23.0. The minimum atomic E-state index is -3.75. The Morgan fingerprint density at radius 1 is 1.30 bits per heavy atom. The average molecular weight is 301 g/mol. The Morgan fingerprint density at radius 2 is 1.95 bits per heavy atom. The van der Waals surface area contributed by atoms with Gasteiger partial charge in [0.05, 0.1) is 0 Å². The van der Waals surface area contributed by atoms with Crippen molar-refractivity contribution in [2.24, 2.45) is 0 Å². The lowest BCUT2D eigenvalue weighted by atomic mass is 9.97. The zero-order valence-electron chi connectivity index (χ0n) is 10.4. The number of rotatable bonds is 4. The van der Waals surface area contributed by atoms with Crippen LogP contribution in [0.1, 0.15) is 12.0 Å². The highest BCUT2D eigenvalue weighted by Crippen LogP contribution is 2.32. The van der Waals surface area contributed by atoms with Crippen LogP contribution in [0, 0.1) is 0 Å². The summed E-state index contributed by atoms with van der Waals surface area (Å²) < 4.78 is 28.0. The van der Waals surface area contributed by atoms with E-state index in [2.05, 4.69) is 0 Å². The van der Waals surface area contributed by atoms with E-state index in [1.54, 1.807) is 6.07 Å². The van der Waals surface area contributed by atoms with Gasteiger partial charge in [0.25, 0.3) is 5.91 Å². The van der Waals surface area contributed by atoms with Gasteiger partial charge < -0.3 is 10.4 Å². The Kier molecular flexibility index (Phi) is 3.99. The summed E-state index contributed by atoms with van der Waals surface area (Å²) in [6.45, 7) is 0. The van der Waals surface area contributed by atoms with Crippen LogP contribution in [-0.4, -0.2) is 34.0 Å². The molecule has 1 aromatic rings. The third kappa shape index (κ3) is 2.63. The van der Waals surface area contributed by atoms with Crippen LogP contribution in [0.5, 0.6) is 0 Å². The van der Waals surface area contributed by atoms with Crippen LogP contribution >= 0.6 is 11.8 Å². The number of carboxylic acids is 1. The molecule has 4 nitrogen and oxygen atoms in total. The number of hydrogen-bond donors (Lipinski definition) is 2. The average Bonchev–Trinajstić information content (AvgIpc) is 2.89. The lowest BCUT2D eigenvalue weighted by Gasteiger charge is -2.27. The predicted molar refractivity (Wildman–Crippen MR) is 70.8 cm³/mol. The zero-order chi connectivity index (χ0) is 14.8. The van der Waals surface area contributed by atoms with E-state index in [0.29, 0.717) is 5.75 Å². The van der Waals surface area contributed by atoms with E-state index in [1.165, 1.54) is 23.9 Å². The number of amides is 1. The van der Waals surface area contributed by atoms with Gasteiger partial charge in [-0.05, 0) is 12.2 Å². The smallest absolute Gasteiger partial charge is 0.349 e. The third-order valence-corrected chi connectivity index (χ3v) is 4.40. The van der Waals surface area contributed by atoms with Crippen molar-refractivity contribution in [3.8, 4) is 0 Å². The Labute approximate surface area is 118 Å². The van der Waals surface area contributed by atoms with Crippen molar-refractivity contribution in [1.29, 1.82) is 0 Å². The molecule has 108 valence electrons. The van der Waals surface area contributed by atoms with E-state index in [1.807, 2.05) is 5.32 Å². The van der Waals surface area contributed by atoms with Crippen molar-refractivity contribution in [3.63, 3.8) is 0 Å². The normalized spacial score (nSPS) is 22.5. The van der Waals surface area contributed by atoms with Gasteiger partial charge in [-0.2, -0.15) is 20.5 Å². The molecule has 1 amide bonds. The van der Waals surface area contributed by atoms with E-state index in [9.17, 15) is 23.5 Å². The molecule has 2 N–H and O–H groups in total. The second kappa shape index (κ2) is 5.40. The summed E-state index contributed by atoms with van der Waals surface area (Å²) in [5.41, 5.74) is -2.05. The molecule has 1 aromatic carbocycles. The van der Waals surface area contributed by atoms with Crippen LogP contribution < -0.4 is 5.32 Å². The summed E-state index contributed by atoms with van der Waals surface area (Å²) in [5, 5.41) is 11.2. The van der Waals surface area contributed by atoms with Crippen molar-refractivity contribution >= 4 is 23.6 Å². The molecule has 7 heteroatoms. The first kappa shape index (κ1) is 14.8. The van der Waals surface area contributed by atoms with Gasteiger partial charge in [0.2, 0.25) is 0 Å². The number of halogens is 2. The molecule has 0 spiro atoms. The summed E-state index contributed by atoms with van der Waals surface area (Å²) in [6.07, 6.45) is 0.142. The molecular weight excluding hydrogens is 288 g/mol. The highest BCUT2D eigenvalue weighted by Gasteiger charge is 2.49. The molecule has 1 aliphatic rings. The van der Waals surface area contributed by atoms with E-state index >= 15 is 0 Å². The number of carbonyl (C=O) groups excluding carboxylic acids is 1.